The molecule has 0 unspecified atom stereocenters. The molecule has 0 bridgehead atoms. The molecule has 3 rings (SSSR count). The maximum absolute atomic E-state index is 9.79. The summed E-state index contributed by atoms with van der Waals surface area (Å²) >= 11 is 0. The van der Waals surface area contributed by atoms with Gasteiger partial charge in [0.2, 0.25) is 0 Å². The van der Waals surface area contributed by atoms with Crippen molar-refractivity contribution in [2.24, 2.45) is 0 Å². The first-order valence-electron chi connectivity index (χ1n) is 8.92. The van der Waals surface area contributed by atoms with Gasteiger partial charge in [0.1, 0.15) is 11.9 Å². The van der Waals surface area contributed by atoms with Crippen LogP contribution in [-0.4, -0.2) is 31.5 Å². The summed E-state index contributed by atoms with van der Waals surface area (Å²) in [6, 6.07) is 15.7. The molecule has 0 aliphatic rings. The van der Waals surface area contributed by atoms with Crippen molar-refractivity contribution in [3.8, 4) is 11.1 Å². The molecular formula is C22H24N2O3. The van der Waals surface area contributed by atoms with Gasteiger partial charge in [-0.05, 0) is 29.2 Å². The second-order valence-corrected chi connectivity index (χ2v) is 6.45. The zero-order chi connectivity index (χ0) is 19.2. The minimum Gasteiger partial charge on any atom is -0.394 e. The highest BCUT2D eigenvalue weighted by molar-refractivity contribution is 5.66. The van der Waals surface area contributed by atoms with Crippen LogP contribution in [0, 0.1) is 0 Å². The fourth-order valence-electron chi connectivity index (χ4n) is 2.98. The van der Waals surface area contributed by atoms with Gasteiger partial charge in [-0.2, -0.15) is 0 Å². The molecule has 5 heteroatoms. The van der Waals surface area contributed by atoms with Gasteiger partial charge in [-0.3, -0.25) is 0 Å². The van der Waals surface area contributed by atoms with Crippen molar-refractivity contribution >= 4 is 6.08 Å². The highest BCUT2D eigenvalue weighted by Crippen LogP contribution is 2.22. The maximum Gasteiger partial charge on any atom is 0.137 e. The van der Waals surface area contributed by atoms with E-state index in [0.29, 0.717) is 5.82 Å². The Balaban J connectivity index is 1.75. The predicted molar refractivity (Wildman–Crippen MR) is 106 cm³/mol. The third-order valence-electron chi connectivity index (χ3n) is 4.51. The first-order valence-corrected chi connectivity index (χ1v) is 8.92. The van der Waals surface area contributed by atoms with Crippen LogP contribution in [0.25, 0.3) is 17.2 Å². The smallest absolute Gasteiger partial charge is 0.137 e. The van der Waals surface area contributed by atoms with E-state index in [2.05, 4.69) is 4.98 Å². The molecule has 0 aliphatic heterocycles. The van der Waals surface area contributed by atoms with Crippen molar-refractivity contribution in [1.82, 2.24) is 9.55 Å². The summed E-state index contributed by atoms with van der Waals surface area (Å²) < 4.78 is 1.78. The standard InChI is InChI=1S/C22H24N2O3/c1-16(27)22-23-12-13-24(22)21(15-26)11-6-17-2-7-19(8-3-17)20-9-4-18(14-25)5-10-20/h2-13,16,21,25-27H,14-15H2,1H3/b11-6+/t16-,21-/m0/s1. The lowest BCUT2D eigenvalue weighted by molar-refractivity contribution is 0.175. The molecule has 3 N–H and O–H groups in total. The SMILES string of the molecule is C[C@H](O)c1nccn1[C@@H](/C=C/c1ccc(-c2ccc(CO)cc2)cc1)CO. The number of hydrogen-bond acceptors (Lipinski definition) is 4. The van der Waals surface area contributed by atoms with Gasteiger partial charge in [0.15, 0.2) is 0 Å². The van der Waals surface area contributed by atoms with Crippen LogP contribution in [0.4, 0.5) is 0 Å². The van der Waals surface area contributed by atoms with Gasteiger partial charge >= 0.3 is 0 Å². The van der Waals surface area contributed by atoms with E-state index in [4.69, 9.17) is 5.11 Å². The summed E-state index contributed by atoms with van der Waals surface area (Å²) in [7, 11) is 0. The van der Waals surface area contributed by atoms with E-state index in [1.54, 1.807) is 23.9 Å². The summed E-state index contributed by atoms with van der Waals surface area (Å²) in [6.45, 7) is 1.62. The van der Waals surface area contributed by atoms with Gasteiger partial charge in [-0.25, -0.2) is 4.98 Å². The highest BCUT2D eigenvalue weighted by Gasteiger charge is 2.14. The molecule has 1 heterocycles. The van der Waals surface area contributed by atoms with E-state index >= 15 is 0 Å². The molecule has 0 amide bonds. The summed E-state index contributed by atoms with van der Waals surface area (Å²) in [5, 5.41) is 28.6. The van der Waals surface area contributed by atoms with Crippen molar-refractivity contribution in [3.63, 3.8) is 0 Å². The first-order chi connectivity index (χ1) is 13.1. The number of benzene rings is 2. The number of aromatic nitrogens is 2. The predicted octanol–water partition coefficient (Wildman–Crippen LogP) is 3.34. The van der Waals surface area contributed by atoms with Gasteiger partial charge in [0, 0.05) is 12.4 Å². The summed E-state index contributed by atoms with van der Waals surface area (Å²) in [4.78, 5) is 4.15. The Labute approximate surface area is 158 Å². The molecule has 140 valence electrons. The first kappa shape index (κ1) is 19.0. The molecule has 27 heavy (non-hydrogen) atoms. The summed E-state index contributed by atoms with van der Waals surface area (Å²) in [5.41, 5.74) is 4.10. The highest BCUT2D eigenvalue weighted by atomic mass is 16.3. The third kappa shape index (κ3) is 4.52. The second-order valence-electron chi connectivity index (χ2n) is 6.45. The molecule has 1 aromatic heterocycles. The lowest BCUT2D eigenvalue weighted by Gasteiger charge is -2.16. The summed E-state index contributed by atoms with van der Waals surface area (Å²) in [6.07, 6.45) is 6.53. The minimum absolute atomic E-state index is 0.0454. The molecule has 5 nitrogen and oxygen atoms in total. The van der Waals surface area contributed by atoms with Crippen LogP contribution in [0.2, 0.25) is 0 Å². The van der Waals surface area contributed by atoms with Crippen LogP contribution in [0.1, 0.15) is 36.0 Å². The normalized spacial score (nSPS) is 13.8. The Kier molecular flexibility index (Phi) is 6.19. The molecule has 0 radical (unpaired) electrons. The Morgan fingerprint density at radius 1 is 1.00 bits per heavy atom. The van der Waals surface area contributed by atoms with E-state index in [0.717, 1.165) is 22.3 Å². The van der Waals surface area contributed by atoms with E-state index in [9.17, 15) is 10.2 Å². The van der Waals surface area contributed by atoms with Crippen molar-refractivity contribution in [3.05, 3.63) is 84.0 Å². The number of imidazole rings is 1. The fourth-order valence-corrected chi connectivity index (χ4v) is 2.98. The second kappa shape index (κ2) is 8.77. The zero-order valence-electron chi connectivity index (χ0n) is 15.2. The topological polar surface area (TPSA) is 78.5 Å². The van der Waals surface area contributed by atoms with E-state index in [-0.39, 0.29) is 19.3 Å². The number of nitrogens with zero attached hydrogens (tertiary/aromatic N) is 2. The van der Waals surface area contributed by atoms with E-state index in [1.165, 1.54) is 0 Å². The van der Waals surface area contributed by atoms with Crippen molar-refractivity contribution in [1.29, 1.82) is 0 Å². The van der Waals surface area contributed by atoms with Crippen molar-refractivity contribution in [2.75, 3.05) is 6.61 Å². The van der Waals surface area contributed by atoms with Gasteiger partial charge < -0.3 is 19.9 Å². The third-order valence-corrected chi connectivity index (χ3v) is 4.51. The quantitative estimate of drug-likeness (QED) is 0.601. The number of aliphatic hydroxyl groups is 3. The van der Waals surface area contributed by atoms with Crippen LogP contribution in [-0.2, 0) is 6.61 Å². The summed E-state index contributed by atoms with van der Waals surface area (Å²) in [5.74, 6) is 0.528. The Bertz CT molecular complexity index is 881. The van der Waals surface area contributed by atoms with Crippen LogP contribution in [0.5, 0.6) is 0 Å². The van der Waals surface area contributed by atoms with Gasteiger partial charge in [0.05, 0.1) is 19.3 Å². The molecule has 0 spiro atoms. The lowest BCUT2D eigenvalue weighted by atomic mass is 10.0. The zero-order valence-corrected chi connectivity index (χ0v) is 15.2. The average Bonchev–Trinajstić information content (AvgIpc) is 3.19. The molecule has 0 fully saturated rings. The van der Waals surface area contributed by atoms with Crippen LogP contribution in [0.15, 0.2) is 67.0 Å². The van der Waals surface area contributed by atoms with E-state index in [1.807, 2.05) is 60.7 Å². The Morgan fingerprint density at radius 3 is 2.19 bits per heavy atom. The molecule has 2 aromatic carbocycles. The van der Waals surface area contributed by atoms with Crippen LogP contribution < -0.4 is 0 Å². The Morgan fingerprint density at radius 2 is 1.63 bits per heavy atom. The fraction of sp³-hybridized carbons (Fsp3) is 0.227. The largest absolute Gasteiger partial charge is 0.394 e. The average molecular weight is 364 g/mol. The lowest BCUT2D eigenvalue weighted by Crippen LogP contribution is -2.14. The monoisotopic (exact) mass is 364 g/mol. The molecule has 3 aromatic rings. The number of rotatable bonds is 7. The van der Waals surface area contributed by atoms with Crippen molar-refractivity contribution < 1.29 is 15.3 Å². The number of hydrogen-bond donors (Lipinski definition) is 3. The van der Waals surface area contributed by atoms with Gasteiger partial charge in [0.25, 0.3) is 0 Å². The minimum atomic E-state index is -0.695. The van der Waals surface area contributed by atoms with Gasteiger partial charge in [-0.1, -0.05) is 60.7 Å². The molecule has 0 aliphatic carbocycles. The maximum atomic E-state index is 9.79. The molecule has 0 saturated carbocycles. The molecule has 2 atom stereocenters. The Hall–Kier alpha value is -2.73. The molecular weight excluding hydrogens is 340 g/mol. The van der Waals surface area contributed by atoms with Crippen LogP contribution in [0.3, 0.4) is 0 Å². The van der Waals surface area contributed by atoms with Gasteiger partial charge in [-0.15, -0.1) is 0 Å². The van der Waals surface area contributed by atoms with Crippen molar-refractivity contribution in [2.45, 2.75) is 25.7 Å². The molecule has 0 saturated heterocycles. The van der Waals surface area contributed by atoms with E-state index < -0.39 is 6.10 Å². The van der Waals surface area contributed by atoms with Crippen LogP contribution >= 0.6 is 0 Å². The number of aliphatic hydroxyl groups excluding tert-OH is 3.